The fraction of sp³-hybridized carbons (Fsp3) is 0.833. The van der Waals surface area contributed by atoms with Gasteiger partial charge in [-0.1, -0.05) is 13.8 Å². The van der Waals surface area contributed by atoms with Gasteiger partial charge in [0.15, 0.2) is 6.23 Å². The Kier molecular flexibility index (Phi) is 4.05. The van der Waals surface area contributed by atoms with Gasteiger partial charge in [0.05, 0.1) is 0 Å². The third kappa shape index (κ3) is 3.97. The average Bonchev–Trinajstić information content (AvgIpc) is 1.87. The Bertz CT molecular complexity index is 93.1. The van der Waals surface area contributed by atoms with Gasteiger partial charge in [-0.3, -0.25) is 10.5 Å². The first-order chi connectivity index (χ1) is 4.20. The number of carbonyl (C=O) groups is 1. The first kappa shape index (κ1) is 8.43. The first-order valence-corrected chi connectivity index (χ1v) is 3.15. The summed E-state index contributed by atoms with van der Waals surface area (Å²) in [5.74, 6) is -0.232. The molecular formula is C6H13NO2. The molecule has 0 amide bonds. The highest BCUT2D eigenvalue weighted by atomic mass is 16.6. The van der Waals surface area contributed by atoms with Crippen molar-refractivity contribution in [3.8, 4) is 0 Å². The summed E-state index contributed by atoms with van der Waals surface area (Å²) in [6.45, 7) is 3.61. The molecular weight excluding hydrogens is 118 g/mol. The molecule has 0 aliphatic carbocycles. The quantitative estimate of drug-likeness (QED) is 0.451. The molecule has 1 atom stereocenters. The van der Waals surface area contributed by atoms with E-state index in [4.69, 9.17) is 5.73 Å². The minimum Gasteiger partial charge on any atom is -0.447 e. The Hall–Kier alpha value is -0.570. The van der Waals surface area contributed by atoms with Crippen molar-refractivity contribution in [1.29, 1.82) is 0 Å². The highest BCUT2D eigenvalue weighted by Gasteiger charge is 2.03. The zero-order valence-electron chi connectivity index (χ0n) is 5.89. The fourth-order valence-electron chi connectivity index (χ4n) is 0.336. The summed E-state index contributed by atoms with van der Waals surface area (Å²) >= 11 is 0. The van der Waals surface area contributed by atoms with Crippen LogP contribution < -0.4 is 5.73 Å². The Balaban J connectivity index is 3.34. The second kappa shape index (κ2) is 4.32. The van der Waals surface area contributed by atoms with E-state index in [2.05, 4.69) is 4.74 Å². The van der Waals surface area contributed by atoms with Crippen LogP contribution in [0.15, 0.2) is 0 Å². The van der Waals surface area contributed by atoms with E-state index in [-0.39, 0.29) is 5.97 Å². The first-order valence-electron chi connectivity index (χ1n) is 3.15. The molecule has 0 radical (unpaired) electrons. The molecule has 0 aromatic rings. The lowest BCUT2D eigenvalue weighted by molar-refractivity contribution is -0.148. The van der Waals surface area contributed by atoms with E-state index in [0.29, 0.717) is 12.8 Å². The molecule has 54 valence electrons. The van der Waals surface area contributed by atoms with Gasteiger partial charge in [-0.15, -0.1) is 0 Å². The minimum atomic E-state index is -0.419. The van der Waals surface area contributed by atoms with Crippen LogP contribution in [0, 0.1) is 0 Å². The van der Waals surface area contributed by atoms with E-state index >= 15 is 0 Å². The average molecular weight is 131 g/mol. The fourth-order valence-corrected chi connectivity index (χ4v) is 0.336. The number of rotatable bonds is 3. The van der Waals surface area contributed by atoms with Crippen LogP contribution in [0.3, 0.4) is 0 Å². The molecule has 0 aromatic heterocycles. The third-order valence-corrected chi connectivity index (χ3v) is 0.974. The highest BCUT2D eigenvalue weighted by molar-refractivity contribution is 5.68. The number of hydrogen-bond donors (Lipinski definition) is 1. The SMILES string of the molecule is CCC(=O)O[C@H](N)CC. The maximum Gasteiger partial charge on any atom is 0.307 e. The molecule has 0 rings (SSSR count). The highest BCUT2D eigenvalue weighted by Crippen LogP contribution is 1.91. The number of hydrogen-bond acceptors (Lipinski definition) is 3. The molecule has 3 heteroatoms. The molecule has 0 unspecified atom stereocenters. The van der Waals surface area contributed by atoms with E-state index in [1.165, 1.54) is 0 Å². The lowest BCUT2D eigenvalue weighted by Gasteiger charge is -2.08. The van der Waals surface area contributed by atoms with Crippen LogP contribution in [-0.4, -0.2) is 12.2 Å². The molecule has 0 aliphatic rings. The van der Waals surface area contributed by atoms with Crippen LogP contribution in [0.2, 0.25) is 0 Å². The molecule has 2 N–H and O–H groups in total. The summed E-state index contributed by atoms with van der Waals surface area (Å²) in [4.78, 5) is 10.5. The second-order valence-corrected chi connectivity index (χ2v) is 1.79. The van der Waals surface area contributed by atoms with E-state index < -0.39 is 6.23 Å². The Morgan fingerprint density at radius 1 is 1.67 bits per heavy atom. The summed E-state index contributed by atoms with van der Waals surface area (Å²) in [5.41, 5.74) is 5.31. The van der Waals surface area contributed by atoms with Gasteiger partial charge < -0.3 is 4.74 Å². The van der Waals surface area contributed by atoms with E-state index in [0.717, 1.165) is 0 Å². The lowest BCUT2D eigenvalue weighted by Crippen LogP contribution is -2.25. The zero-order valence-corrected chi connectivity index (χ0v) is 5.89. The normalized spacial score (nSPS) is 12.8. The zero-order chi connectivity index (χ0) is 7.28. The van der Waals surface area contributed by atoms with Gasteiger partial charge >= 0.3 is 5.97 Å². The van der Waals surface area contributed by atoms with Crippen molar-refractivity contribution in [3.63, 3.8) is 0 Å². The van der Waals surface area contributed by atoms with Crippen molar-refractivity contribution >= 4 is 5.97 Å². The number of carbonyl (C=O) groups excluding carboxylic acids is 1. The van der Waals surface area contributed by atoms with Gasteiger partial charge in [-0.05, 0) is 6.42 Å². The number of ether oxygens (including phenoxy) is 1. The van der Waals surface area contributed by atoms with Crippen molar-refractivity contribution in [2.45, 2.75) is 32.9 Å². The van der Waals surface area contributed by atoms with Gasteiger partial charge in [0.25, 0.3) is 0 Å². The molecule has 0 saturated heterocycles. The minimum absolute atomic E-state index is 0.232. The van der Waals surface area contributed by atoms with Crippen molar-refractivity contribution in [2.24, 2.45) is 5.73 Å². The molecule has 0 heterocycles. The standard InChI is InChI=1S/C6H13NO2/c1-3-5(7)9-6(8)4-2/h5H,3-4,7H2,1-2H3/t5-/m0/s1. The van der Waals surface area contributed by atoms with Crippen molar-refractivity contribution in [1.82, 2.24) is 0 Å². The van der Waals surface area contributed by atoms with Crippen molar-refractivity contribution in [3.05, 3.63) is 0 Å². The Labute approximate surface area is 55.2 Å². The largest absolute Gasteiger partial charge is 0.447 e. The number of nitrogens with two attached hydrogens (primary N) is 1. The summed E-state index contributed by atoms with van der Waals surface area (Å²) in [7, 11) is 0. The van der Waals surface area contributed by atoms with Crippen molar-refractivity contribution in [2.75, 3.05) is 0 Å². The van der Waals surface area contributed by atoms with E-state index in [1.54, 1.807) is 6.92 Å². The van der Waals surface area contributed by atoms with Gasteiger partial charge in [0.2, 0.25) is 0 Å². The van der Waals surface area contributed by atoms with Gasteiger partial charge in [-0.2, -0.15) is 0 Å². The topological polar surface area (TPSA) is 52.3 Å². The van der Waals surface area contributed by atoms with Crippen molar-refractivity contribution < 1.29 is 9.53 Å². The summed E-state index contributed by atoms with van der Waals surface area (Å²) in [6, 6.07) is 0. The van der Waals surface area contributed by atoms with Crippen LogP contribution >= 0.6 is 0 Å². The summed E-state index contributed by atoms with van der Waals surface area (Å²) < 4.78 is 4.69. The molecule has 3 nitrogen and oxygen atoms in total. The van der Waals surface area contributed by atoms with Crippen LogP contribution in [0.5, 0.6) is 0 Å². The van der Waals surface area contributed by atoms with Gasteiger partial charge in [-0.25, -0.2) is 0 Å². The smallest absolute Gasteiger partial charge is 0.307 e. The molecule has 0 fully saturated rings. The molecule has 0 saturated carbocycles. The second-order valence-electron chi connectivity index (χ2n) is 1.79. The van der Waals surface area contributed by atoms with Crippen LogP contribution in [0.1, 0.15) is 26.7 Å². The predicted octanol–water partition coefficient (Wildman–Crippen LogP) is 0.634. The molecule has 9 heavy (non-hydrogen) atoms. The molecule has 0 spiro atoms. The van der Waals surface area contributed by atoms with E-state index in [9.17, 15) is 4.79 Å². The summed E-state index contributed by atoms with van der Waals surface area (Å²) in [6.07, 6.45) is 0.650. The number of esters is 1. The summed E-state index contributed by atoms with van der Waals surface area (Å²) in [5, 5.41) is 0. The maximum absolute atomic E-state index is 10.5. The van der Waals surface area contributed by atoms with Crippen LogP contribution in [-0.2, 0) is 9.53 Å². The van der Waals surface area contributed by atoms with Crippen LogP contribution in [0.25, 0.3) is 0 Å². The van der Waals surface area contributed by atoms with Gasteiger partial charge in [0, 0.05) is 6.42 Å². The third-order valence-electron chi connectivity index (χ3n) is 0.974. The molecule has 0 aromatic carbocycles. The predicted molar refractivity (Wildman–Crippen MR) is 34.6 cm³/mol. The molecule has 0 aliphatic heterocycles. The van der Waals surface area contributed by atoms with E-state index in [1.807, 2.05) is 6.92 Å². The lowest BCUT2D eigenvalue weighted by atomic mass is 10.4. The molecule has 0 bridgehead atoms. The Morgan fingerprint density at radius 2 is 2.22 bits per heavy atom. The monoisotopic (exact) mass is 131 g/mol. The Morgan fingerprint density at radius 3 is 2.56 bits per heavy atom. The van der Waals surface area contributed by atoms with Crippen LogP contribution in [0.4, 0.5) is 0 Å². The van der Waals surface area contributed by atoms with Gasteiger partial charge in [0.1, 0.15) is 0 Å². The maximum atomic E-state index is 10.5.